The number of carbonyl (C=O) groups is 2. The molecule has 2 N–H and O–H groups in total. The molecule has 6 heteroatoms. The zero-order valence-electron chi connectivity index (χ0n) is 15.0. The highest BCUT2D eigenvalue weighted by Crippen LogP contribution is 2.28. The summed E-state index contributed by atoms with van der Waals surface area (Å²) in [7, 11) is 0. The van der Waals surface area contributed by atoms with Gasteiger partial charge in [-0.05, 0) is 36.8 Å². The van der Waals surface area contributed by atoms with Crippen LogP contribution in [0.3, 0.4) is 0 Å². The van der Waals surface area contributed by atoms with Crippen LogP contribution in [-0.4, -0.2) is 28.8 Å². The van der Waals surface area contributed by atoms with Gasteiger partial charge in [0.25, 0.3) is 5.91 Å². The highest BCUT2D eigenvalue weighted by atomic mass is 35.5. The zero-order chi connectivity index (χ0) is 19.3. The largest absolute Gasteiger partial charge is 0.480 e. The number of benzene rings is 2. The summed E-state index contributed by atoms with van der Waals surface area (Å²) in [6, 6.07) is 14.6. The number of carboxylic acid groups (broad SMARTS) is 1. The number of hydrogen-bond donors (Lipinski definition) is 2. The molecular weight excluding hydrogens is 370 g/mol. The molecule has 4 nitrogen and oxygen atoms in total. The van der Waals surface area contributed by atoms with Crippen molar-refractivity contribution >= 4 is 35.2 Å². The van der Waals surface area contributed by atoms with Crippen LogP contribution in [0.4, 0.5) is 0 Å². The first-order valence-corrected chi connectivity index (χ1v) is 9.49. The fourth-order valence-electron chi connectivity index (χ4n) is 2.40. The highest BCUT2D eigenvalue weighted by molar-refractivity contribution is 8.00. The Balaban J connectivity index is 2.10. The van der Waals surface area contributed by atoms with Crippen molar-refractivity contribution in [2.75, 3.05) is 6.54 Å². The average molecular weight is 392 g/mol. The second-order valence-electron chi connectivity index (χ2n) is 6.67. The minimum Gasteiger partial charge on any atom is -0.480 e. The van der Waals surface area contributed by atoms with Crippen molar-refractivity contribution in [2.24, 2.45) is 0 Å². The smallest absolute Gasteiger partial charge is 0.316 e. The molecule has 1 atom stereocenters. The molecule has 0 heterocycles. The van der Waals surface area contributed by atoms with Crippen LogP contribution in [0.1, 0.15) is 36.7 Å². The van der Waals surface area contributed by atoms with Crippen LogP contribution in [0, 0.1) is 0 Å². The van der Waals surface area contributed by atoms with Gasteiger partial charge in [0, 0.05) is 21.9 Å². The molecule has 0 aliphatic rings. The molecule has 0 radical (unpaired) electrons. The summed E-state index contributed by atoms with van der Waals surface area (Å²) in [5.74, 6) is -1.12. The van der Waals surface area contributed by atoms with Gasteiger partial charge in [-0.2, -0.15) is 0 Å². The molecular formula is C20H22ClNO3S. The molecule has 0 spiro atoms. The number of aliphatic carboxylic acids is 1. The molecule has 138 valence electrons. The van der Waals surface area contributed by atoms with Crippen molar-refractivity contribution in [3.05, 3.63) is 64.7 Å². The molecule has 0 aliphatic heterocycles. The fourth-order valence-corrected chi connectivity index (χ4v) is 3.45. The van der Waals surface area contributed by atoms with Crippen LogP contribution in [0.15, 0.2) is 53.4 Å². The van der Waals surface area contributed by atoms with Gasteiger partial charge in [-0.15, -0.1) is 11.8 Å². The van der Waals surface area contributed by atoms with Crippen molar-refractivity contribution in [1.29, 1.82) is 0 Å². The summed E-state index contributed by atoms with van der Waals surface area (Å²) in [6.07, 6.45) is 0. The van der Waals surface area contributed by atoms with Crippen molar-refractivity contribution in [3.63, 3.8) is 0 Å². The van der Waals surface area contributed by atoms with E-state index in [-0.39, 0.29) is 11.3 Å². The van der Waals surface area contributed by atoms with E-state index in [9.17, 15) is 9.59 Å². The third kappa shape index (κ3) is 5.26. The average Bonchev–Trinajstić information content (AvgIpc) is 2.60. The summed E-state index contributed by atoms with van der Waals surface area (Å²) in [5, 5.41) is 12.1. The van der Waals surface area contributed by atoms with E-state index in [4.69, 9.17) is 16.7 Å². The van der Waals surface area contributed by atoms with Gasteiger partial charge in [0.2, 0.25) is 0 Å². The normalized spacial score (nSPS) is 12.5. The Morgan fingerprint density at radius 3 is 2.38 bits per heavy atom. The SMILES string of the molecule is CC(Sc1ccccc1C(=O)NCC(C)(C)c1ccc(Cl)cc1)C(=O)O. The molecule has 0 aromatic heterocycles. The van der Waals surface area contributed by atoms with Crippen LogP contribution in [0.2, 0.25) is 5.02 Å². The quantitative estimate of drug-likeness (QED) is 0.676. The molecule has 2 rings (SSSR count). The number of thioether (sulfide) groups is 1. The second-order valence-corrected chi connectivity index (χ2v) is 8.49. The minimum atomic E-state index is -0.908. The monoisotopic (exact) mass is 391 g/mol. The second kappa shape index (κ2) is 8.60. The van der Waals surface area contributed by atoms with E-state index in [1.54, 1.807) is 31.2 Å². The highest BCUT2D eigenvalue weighted by Gasteiger charge is 2.23. The predicted molar refractivity (Wildman–Crippen MR) is 106 cm³/mol. The minimum absolute atomic E-state index is 0.215. The number of carboxylic acids is 1. The topological polar surface area (TPSA) is 66.4 Å². The van der Waals surface area contributed by atoms with E-state index in [0.29, 0.717) is 22.0 Å². The number of carbonyl (C=O) groups excluding carboxylic acids is 1. The summed E-state index contributed by atoms with van der Waals surface area (Å²) < 4.78 is 0. The van der Waals surface area contributed by atoms with E-state index in [2.05, 4.69) is 5.32 Å². The number of halogens is 1. The van der Waals surface area contributed by atoms with E-state index in [0.717, 1.165) is 17.3 Å². The van der Waals surface area contributed by atoms with Crippen LogP contribution in [0.25, 0.3) is 0 Å². The molecule has 0 bridgehead atoms. The lowest BCUT2D eigenvalue weighted by Gasteiger charge is -2.26. The number of hydrogen-bond acceptors (Lipinski definition) is 3. The number of amides is 1. The van der Waals surface area contributed by atoms with Gasteiger partial charge < -0.3 is 10.4 Å². The van der Waals surface area contributed by atoms with Gasteiger partial charge in [0.05, 0.1) is 5.56 Å². The number of rotatable bonds is 7. The summed E-state index contributed by atoms with van der Waals surface area (Å²) in [6.45, 7) is 6.14. The first-order chi connectivity index (χ1) is 12.2. The lowest BCUT2D eigenvalue weighted by atomic mass is 9.84. The van der Waals surface area contributed by atoms with E-state index in [1.165, 1.54) is 0 Å². The third-order valence-corrected chi connectivity index (χ3v) is 5.52. The van der Waals surface area contributed by atoms with Crippen LogP contribution in [0.5, 0.6) is 0 Å². The molecule has 2 aromatic rings. The summed E-state index contributed by atoms with van der Waals surface area (Å²) in [5.41, 5.74) is 1.29. The number of nitrogens with one attached hydrogen (secondary N) is 1. The molecule has 26 heavy (non-hydrogen) atoms. The Hall–Kier alpha value is -1.98. The first-order valence-electron chi connectivity index (χ1n) is 8.23. The van der Waals surface area contributed by atoms with Crippen LogP contribution < -0.4 is 5.32 Å². The van der Waals surface area contributed by atoms with E-state index in [1.807, 2.05) is 38.1 Å². The molecule has 1 unspecified atom stereocenters. The molecule has 1 amide bonds. The van der Waals surface area contributed by atoms with Crippen molar-refractivity contribution in [3.8, 4) is 0 Å². The molecule has 2 aromatic carbocycles. The predicted octanol–water partition coefficient (Wildman–Crippen LogP) is 4.61. The third-order valence-electron chi connectivity index (χ3n) is 4.10. The fraction of sp³-hybridized carbons (Fsp3) is 0.300. The maximum absolute atomic E-state index is 12.7. The van der Waals surface area contributed by atoms with Crippen molar-refractivity contribution in [1.82, 2.24) is 5.32 Å². The zero-order valence-corrected chi connectivity index (χ0v) is 16.5. The summed E-state index contributed by atoms with van der Waals surface area (Å²) in [4.78, 5) is 24.4. The Kier molecular flexibility index (Phi) is 6.73. The summed E-state index contributed by atoms with van der Waals surface area (Å²) >= 11 is 7.10. The Labute approximate surface area is 163 Å². The Morgan fingerprint density at radius 2 is 1.77 bits per heavy atom. The van der Waals surface area contributed by atoms with Crippen molar-refractivity contribution in [2.45, 2.75) is 36.3 Å². The first kappa shape index (κ1) is 20.3. The van der Waals surface area contributed by atoms with Crippen LogP contribution in [-0.2, 0) is 10.2 Å². The van der Waals surface area contributed by atoms with Gasteiger partial charge in [-0.25, -0.2) is 0 Å². The van der Waals surface area contributed by atoms with E-state index < -0.39 is 11.2 Å². The molecule has 0 fully saturated rings. The van der Waals surface area contributed by atoms with Crippen molar-refractivity contribution < 1.29 is 14.7 Å². The van der Waals surface area contributed by atoms with E-state index >= 15 is 0 Å². The van der Waals surface area contributed by atoms with Gasteiger partial charge in [0.1, 0.15) is 5.25 Å². The van der Waals surface area contributed by atoms with Crippen LogP contribution >= 0.6 is 23.4 Å². The lowest BCUT2D eigenvalue weighted by Crippen LogP contribution is -2.36. The Morgan fingerprint density at radius 1 is 1.15 bits per heavy atom. The van der Waals surface area contributed by atoms with Gasteiger partial charge >= 0.3 is 5.97 Å². The maximum Gasteiger partial charge on any atom is 0.316 e. The van der Waals surface area contributed by atoms with Gasteiger partial charge in [-0.3, -0.25) is 9.59 Å². The molecule has 0 aliphatic carbocycles. The maximum atomic E-state index is 12.7. The molecule has 0 saturated heterocycles. The Bertz CT molecular complexity index is 790. The standard InChI is InChI=1S/C20H22ClNO3S/c1-13(19(24)25)26-17-7-5-4-6-16(17)18(23)22-12-20(2,3)14-8-10-15(21)11-9-14/h4-11,13H,12H2,1-3H3,(H,22,23)(H,24,25). The molecule has 0 saturated carbocycles. The lowest BCUT2D eigenvalue weighted by molar-refractivity contribution is -0.136. The van der Waals surface area contributed by atoms with Gasteiger partial charge in [-0.1, -0.05) is 49.7 Å². The van der Waals surface area contributed by atoms with Gasteiger partial charge in [0.15, 0.2) is 0 Å².